The molecular weight excluding hydrogens is 327 g/mol. The summed E-state index contributed by atoms with van der Waals surface area (Å²) in [6.07, 6.45) is 0.704. The molecule has 0 aliphatic heterocycles. The van der Waals surface area contributed by atoms with Crippen molar-refractivity contribution >= 4 is 23.2 Å². The van der Waals surface area contributed by atoms with Crippen LogP contribution in [0.2, 0.25) is 10.0 Å². The molecular formula is C20H16Cl2O. The van der Waals surface area contributed by atoms with Gasteiger partial charge >= 0.3 is 0 Å². The van der Waals surface area contributed by atoms with E-state index in [-0.39, 0.29) is 5.92 Å². The molecule has 0 aliphatic rings. The number of phenolic OH excluding ortho intramolecular Hbond substituents is 1. The van der Waals surface area contributed by atoms with E-state index in [1.54, 1.807) is 6.07 Å². The number of benzene rings is 3. The van der Waals surface area contributed by atoms with Crippen molar-refractivity contribution in [3.8, 4) is 5.75 Å². The first-order valence-corrected chi connectivity index (χ1v) is 8.17. The van der Waals surface area contributed by atoms with Crippen molar-refractivity contribution in [1.29, 1.82) is 0 Å². The molecule has 3 aromatic rings. The number of aromatic hydroxyl groups is 1. The van der Waals surface area contributed by atoms with Gasteiger partial charge in [0.15, 0.2) is 0 Å². The molecule has 0 spiro atoms. The number of halogens is 2. The lowest BCUT2D eigenvalue weighted by molar-refractivity contribution is 0.466. The summed E-state index contributed by atoms with van der Waals surface area (Å²) in [5.41, 5.74) is 3.22. The molecule has 3 rings (SSSR count). The van der Waals surface area contributed by atoms with Gasteiger partial charge in [-0.25, -0.2) is 0 Å². The van der Waals surface area contributed by atoms with Crippen LogP contribution in [0.4, 0.5) is 0 Å². The van der Waals surface area contributed by atoms with Crippen LogP contribution in [0.5, 0.6) is 5.75 Å². The lowest BCUT2D eigenvalue weighted by atomic mass is 9.86. The van der Waals surface area contributed by atoms with E-state index in [9.17, 15) is 5.11 Å². The Bertz CT molecular complexity index is 734. The highest BCUT2D eigenvalue weighted by molar-refractivity contribution is 6.30. The third-order valence-electron chi connectivity index (χ3n) is 3.96. The van der Waals surface area contributed by atoms with Crippen molar-refractivity contribution in [2.75, 3.05) is 0 Å². The van der Waals surface area contributed by atoms with Crippen LogP contribution in [-0.2, 0) is 6.42 Å². The number of hydrogen-bond donors (Lipinski definition) is 1. The number of para-hydroxylation sites is 1. The lowest BCUT2D eigenvalue weighted by Crippen LogP contribution is -2.05. The first kappa shape index (κ1) is 15.9. The summed E-state index contributed by atoms with van der Waals surface area (Å²) in [6, 6.07) is 23.1. The average molecular weight is 343 g/mol. The van der Waals surface area contributed by atoms with E-state index in [1.165, 1.54) is 0 Å². The van der Waals surface area contributed by atoms with E-state index in [0.717, 1.165) is 16.7 Å². The molecule has 0 radical (unpaired) electrons. The van der Waals surface area contributed by atoms with Gasteiger partial charge in [0.05, 0.1) is 0 Å². The van der Waals surface area contributed by atoms with Gasteiger partial charge in [0.2, 0.25) is 0 Å². The Kier molecular flexibility index (Phi) is 4.90. The Hall–Kier alpha value is -1.96. The normalized spacial score (nSPS) is 10.9. The molecule has 0 saturated heterocycles. The van der Waals surface area contributed by atoms with Crippen molar-refractivity contribution in [1.82, 2.24) is 0 Å². The fraction of sp³-hybridized carbons (Fsp3) is 0.100. The van der Waals surface area contributed by atoms with Crippen LogP contribution < -0.4 is 0 Å². The molecule has 1 N–H and O–H groups in total. The minimum atomic E-state index is 0.123. The predicted octanol–water partition coefficient (Wildman–Crippen LogP) is 6.07. The smallest absolute Gasteiger partial charge is 0.118 e. The van der Waals surface area contributed by atoms with Gasteiger partial charge < -0.3 is 5.11 Å². The molecule has 0 saturated carbocycles. The van der Waals surface area contributed by atoms with Gasteiger partial charge in [-0.3, -0.25) is 0 Å². The maximum Gasteiger partial charge on any atom is 0.118 e. The minimum Gasteiger partial charge on any atom is -0.508 e. The molecule has 0 aliphatic carbocycles. The van der Waals surface area contributed by atoms with Gasteiger partial charge in [-0.05, 0) is 53.4 Å². The number of hydrogen-bond acceptors (Lipinski definition) is 1. The van der Waals surface area contributed by atoms with E-state index in [1.807, 2.05) is 66.7 Å². The van der Waals surface area contributed by atoms with E-state index >= 15 is 0 Å². The maximum absolute atomic E-state index is 10.1. The Labute approximate surface area is 146 Å². The Balaban J connectivity index is 2.01. The van der Waals surface area contributed by atoms with Crippen molar-refractivity contribution in [2.24, 2.45) is 0 Å². The van der Waals surface area contributed by atoms with E-state index in [0.29, 0.717) is 22.2 Å². The quantitative estimate of drug-likeness (QED) is 0.609. The zero-order valence-electron chi connectivity index (χ0n) is 12.4. The van der Waals surface area contributed by atoms with Gasteiger partial charge in [-0.1, -0.05) is 65.7 Å². The van der Waals surface area contributed by atoms with Gasteiger partial charge in [0, 0.05) is 16.0 Å². The third kappa shape index (κ3) is 3.87. The summed E-state index contributed by atoms with van der Waals surface area (Å²) in [7, 11) is 0. The molecule has 1 nitrogen and oxygen atoms in total. The van der Waals surface area contributed by atoms with Crippen LogP contribution in [0.1, 0.15) is 22.6 Å². The molecule has 0 amide bonds. The maximum atomic E-state index is 10.1. The van der Waals surface area contributed by atoms with Crippen LogP contribution in [-0.4, -0.2) is 5.11 Å². The molecule has 3 heteroatoms. The van der Waals surface area contributed by atoms with Gasteiger partial charge in [0.1, 0.15) is 5.75 Å². The topological polar surface area (TPSA) is 20.2 Å². The Morgan fingerprint density at radius 1 is 0.696 bits per heavy atom. The fourth-order valence-corrected chi connectivity index (χ4v) is 2.97. The van der Waals surface area contributed by atoms with Crippen molar-refractivity contribution < 1.29 is 5.11 Å². The molecule has 0 heterocycles. The molecule has 116 valence electrons. The standard InChI is InChI=1S/C20H16Cl2O/c21-17-9-5-14(6-10-17)19(15-7-11-18(22)12-8-15)13-16-3-1-2-4-20(16)23/h1-12,19,23H,13H2. The molecule has 0 fully saturated rings. The highest BCUT2D eigenvalue weighted by Gasteiger charge is 2.16. The van der Waals surface area contributed by atoms with Gasteiger partial charge in [0.25, 0.3) is 0 Å². The van der Waals surface area contributed by atoms with Crippen LogP contribution in [0, 0.1) is 0 Å². The zero-order valence-corrected chi connectivity index (χ0v) is 13.9. The van der Waals surface area contributed by atoms with Gasteiger partial charge in [-0.15, -0.1) is 0 Å². The number of phenols is 1. The summed E-state index contributed by atoms with van der Waals surface area (Å²) in [6.45, 7) is 0. The van der Waals surface area contributed by atoms with Crippen LogP contribution in [0.25, 0.3) is 0 Å². The Morgan fingerprint density at radius 3 is 1.65 bits per heavy atom. The van der Waals surface area contributed by atoms with Crippen LogP contribution in [0.15, 0.2) is 72.8 Å². The van der Waals surface area contributed by atoms with Gasteiger partial charge in [-0.2, -0.15) is 0 Å². The minimum absolute atomic E-state index is 0.123. The lowest BCUT2D eigenvalue weighted by Gasteiger charge is -2.19. The summed E-state index contributed by atoms with van der Waals surface area (Å²) in [5.74, 6) is 0.443. The molecule has 0 bridgehead atoms. The zero-order chi connectivity index (χ0) is 16.2. The van der Waals surface area contributed by atoms with Crippen LogP contribution >= 0.6 is 23.2 Å². The second kappa shape index (κ2) is 7.08. The Morgan fingerprint density at radius 2 is 1.17 bits per heavy atom. The molecule has 23 heavy (non-hydrogen) atoms. The molecule has 0 aromatic heterocycles. The number of rotatable bonds is 4. The van der Waals surface area contributed by atoms with Crippen LogP contribution in [0.3, 0.4) is 0 Å². The first-order chi connectivity index (χ1) is 11.1. The third-order valence-corrected chi connectivity index (χ3v) is 4.46. The summed E-state index contributed by atoms with van der Waals surface area (Å²) in [5, 5.41) is 11.5. The molecule has 0 atom stereocenters. The van der Waals surface area contributed by atoms with E-state index in [2.05, 4.69) is 0 Å². The highest BCUT2D eigenvalue weighted by atomic mass is 35.5. The first-order valence-electron chi connectivity index (χ1n) is 7.41. The largest absolute Gasteiger partial charge is 0.508 e. The molecule has 3 aromatic carbocycles. The average Bonchev–Trinajstić information content (AvgIpc) is 2.56. The highest BCUT2D eigenvalue weighted by Crippen LogP contribution is 2.32. The van der Waals surface area contributed by atoms with E-state index in [4.69, 9.17) is 23.2 Å². The second-order valence-electron chi connectivity index (χ2n) is 5.49. The second-order valence-corrected chi connectivity index (χ2v) is 6.36. The fourth-order valence-electron chi connectivity index (χ4n) is 2.72. The summed E-state index contributed by atoms with van der Waals surface area (Å²) < 4.78 is 0. The van der Waals surface area contributed by atoms with E-state index < -0.39 is 0 Å². The SMILES string of the molecule is Oc1ccccc1CC(c1ccc(Cl)cc1)c1ccc(Cl)cc1. The van der Waals surface area contributed by atoms with Crippen molar-refractivity contribution in [2.45, 2.75) is 12.3 Å². The summed E-state index contributed by atoms with van der Waals surface area (Å²) in [4.78, 5) is 0. The predicted molar refractivity (Wildman–Crippen MR) is 96.6 cm³/mol. The van der Waals surface area contributed by atoms with Crippen molar-refractivity contribution in [3.63, 3.8) is 0 Å². The van der Waals surface area contributed by atoms with Crippen molar-refractivity contribution in [3.05, 3.63) is 99.5 Å². The monoisotopic (exact) mass is 342 g/mol. The molecule has 0 unspecified atom stereocenters. The summed E-state index contributed by atoms with van der Waals surface area (Å²) >= 11 is 12.0.